The molecule has 33 heavy (non-hydrogen) atoms. The number of hydrogen-bond acceptors (Lipinski definition) is 6. The van der Waals surface area contributed by atoms with Crippen molar-refractivity contribution in [3.05, 3.63) is 47.4 Å². The van der Waals surface area contributed by atoms with Gasteiger partial charge in [-0.2, -0.15) is 5.26 Å². The molecule has 8 heteroatoms. The van der Waals surface area contributed by atoms with Crippen LogP contribution in [0.1, 0.15) is 67.3 Å². The minimum atomic E-state index is -0.438. The van der Waals surface area contributed by atoms with E-state index in [4.69, 9.17) is 9.68 Å². The molecule has 0 radical (unpaired) electrons. The van der Waals surface area contributed by atoms with Crippen molar-refractivity contribution in [2.75, 3.05) is 30.4 Å². The molecule has 1 aromatic carbocycles. The van der Waals surface area contributed by atoms with Crippen molar-refractivity contribution in [1.29, 1.82) is 5.26 Å². The Balaban J connectivity index is 1.64. The number of carbonyl (C=O) groups excluding carboxylic acids is 3. The molecule has 0 bridgehead atoms. The minimum absolute atomic E-state index is 0.0628. The van der Waals surface area contributed by atoms with Crippen molar-refractivity contribution in [3.8, 4) is 6.07 Å². The van der Waals surface area contributed by atoms with Gasteiger partial charge >= 0.3 is 0 Å². The lowest BCUT2D eigenvalue weighted by atomic mass is 9.82. The van der Waals surface area contributed by atoms with Crippen molar-refractivity contribution in [3.63, 3.8) is 0 Å². The number of nitriles is 1. The molecule has 2 saturated heterocycles. The van der Waals surface area contributed by atoms with Gasteiger partial charge in [0.2, 0.25) is 17.6 Å². The van der Waals surface area contributed by atoms with Gasteiger partial charge in [-0.05, 0) is 48.1 Å². The molecule has 2 aliphatic heterocycles. The SMILES string of the molecule is CN1C(=O)CC(c2ccc(NC(=O)c3ccc(C#N)o3)c(N3CCC(C)(C)CC3)c2)CC1=O. The van der Waals surface area contributed by atoms with Crippen LogP contribution in [0.25, 0.3) is 0 Å². The number of benzene rings is 1. The van der Waals surface area contributed by atoms with Gasteiger partial charge in [-0.25, -0.2) is 0 Å². The van der Waals surface area contributed by atoms with Crippen LogP contribution in [0, 0.1) is 16.7 Å². The van der Waals surface area contributed by atoms with E-state index in [-0.39, 0.29) is 47.5 Å². The molecule has 4 rings (SSSR count). The summed E-state index contributed by atoms with van der Waals surface area (Å²) in [7, 11) is 1.52. The zero-order chi connectivity index (χ0) is 23.8. The summed E-state index contributed by atoms with van der Waals surface area (Å²) in [4.78, 5) is 40.7. The fourth-order valence-corrected chi connectivity index (χ4v) is 4.37. The first-order valence-corrected chi connectivity index (χ1v) is 11.2. The van der Waals surface area contributed by atoms with Gasteiger partial charge in [-0.15, -0.1) is 0 Å². The number of anilines is 2. The summed E-state index contributed by atoms with van der Waals surface area (Å²) in [5.74, 6) is -0.845. The van der Waals surface area contributed by atoms with Crippen LogP contribution < -0.4 is 10.2 Å². The zero-order valence-corrected chi connectivity index (χ0v) is 19.2. The molecule has 172 valence electrons. The first-order chi connectivity index (χ1) is 15.7. The van der Waals surface area contributed by atoms with Gasteiger partial charge in [0.1, 0.15) is 6.07 Å². The van der Waals surface area contributed by atoms with Crippen molar-refractivity contribution in [1.82, 2.24) is 4.90 Å². The molecule has 2 aliphatic rings. The predicted molar refractivity (Wildman–Crippen MR) is 123 cm³/mol. The smallest absolute Gasteiger partial charge is 0.291 e. The van der Waals surface area contributed by atoms with Crippen molar-refractivity contribution in [2.24, 2.45) is 5.41 Å². The fraction of sp³-hybridized carbons (Fsp3) is 0.440. The van der Waals surface area contributed by atoms with Crippen LogP contribution in [-0.4, -0.2) is 42.8 Å². The maximum Gasteiger partial charge on any atom is 0.291 e. The second-order valence-electron chi connectivity index (χ2n) is 9.61. The quantitative estimate of drug-likeness (QED) is 0.711. The number of nitrogens with one attached hydrogen (secondary N) is 1. The number of carbonyl (C=O) groups is 3. The van der Waals surface area contributed by atoms with Crippen LogP contribution in [0.2, 0.25) is 0 Å². The third-order valence-electron chi connectivity index (χ3n) is 6.73. The third-order valence-corrected chi connectivity index (χ3v) is 6.73. The number of piperidine rings is 2. The molecule has 0 spiro atoms. The second kappa shape index (κ2) is 8.74. The summed E-state index contributed by atoms with van der Waals surface area (Å²) in [6.45, 7) is 6.18. The summed E-state index contributed by atoms with van der Waals surface area (Å²) >= 11 is 0. The van der Waals surface area contributed by atoms with E-state index < -0.39 is 5.91 Å². The molecular weight excluding hydrogens is 420 g/mol. The molecule has 8 nitrogen and oxygen atoms in total. The summed E-state index contributed by atoms with van der Waals surface area (Å²) in [5, 5.41) is 11.9. The average Bonchev–Trinajstić information content (AvgIpc) is 3.27. The molecule has 2 aromatic rings. The van der Waals surface area contributed by atoms with E-state index in [2.05, 4.69) is 24.1 Å². The van der Waals surface area contributed by atoms with Crippen LogP contribution in [0.4, 0.5) is 11.4 Å². The number of amides is 3. The Hall–Kier alpha value is -3.60. The molecule has 2 fully saturated rings. The Morgan fingerprint density at radius 1 is 1.12 bits per heavy atom. The normalized spacial score (nSPS) is 18.8. The maximum atomic E-state index is 12.8. The van der Waals surface area contributed by atoms with Gasteiger partial charge < -0.3 is 14.6 Å². The maximum absolute atomic E-state index is 12.8. The van der Waals surface area contributed by atoms with E-state index in [1.807, 2.05) is 24.3 Å². The van der Waals surface area contributed by atoms with Gasteiger partial charge in [0, 0.05) is 38.9 Å². The molecular formula is C25H28N4O4. The van der Waals surface area contributed by atoms with E-state index >= 15 is 0 Å². The fourth-order valence-electron chi connectivity index (χ4n) is 4.37. The van der Waals surface area contributed by atoms with E-state index in [9.17, 15) is 14.4 Å². The van der Waals surface area contributed by atoms with Gasteiger partial charge in [-0.3, -0.25) is 19.3 Å². The summed E-state index contributed by atoms with van der Waals surface area (Å²) in [5.41, 5.74) is 2.66. The van der Waals surface area contributed by atoms with Crippen molar-refractivity contribution in [2.45, 2.75) is 45.4 Å². The highest BCUT2D eigenvalue weighted by atomic mass is 16.3. The number of hydrogen-bond donors (Lipinski definition) is 1. The average molecular weight is 449 g/mol. The molecule has 0 aliphatic carbocycles. The third kappa shape index (κ3) is 4.77. The first kappa shape index (κ1) is 22.6. The molecule has 0 atom stereocenters. The predicted octanol–water partition coefficient (Wildman–Crippen LogP) is 3.89. The van der Waals surface area contributed by atoms with Gasteiger partial charge in [0.25, 0.3) is 5.91 Å². The van der Waals surface area contributed by atoms with E-state index in [1.54, 1.807) is 0 Å². The Kier molecular flexibility index (Phi) is 5.98. The summed E-state index contributed by atoms with van der Waals surface area (Å²) in [6, 6.07) is 10.5. The van der Waals surface area contributed by atoms with Crippen LogP contribution in [0.3, 0.4) is 0 Å². The summed E-state index contributed by atoms with van der Waals surface area (Å²) in [6.07, 6.45) is 2.59. The van der Waals surface area contributed by atoms with Gasteiger partial charge in [0.05, 0.1) is 11.4 Å². The highest BCUT2D eigenvalue weighted by Crippen LogP contribution is 2.38. The second-order valence-corrected chi connectivity index (χ2v) is 9.61. The molecule has 1 aromatic heterocycles. The first-order valence-electron chi connectivity index (χ1n) is 11.2. The standard InChI is InChI=1S/C25H28N4O4/c1-25(2)8-10-29(11-9-25)20-12-16(17-13-22(30)28(3)23(31)14-17)4-6-19(20)27-24(32)21-7-5-18(15-26)33-21/h4-7,12,17H,8-11,13-14H2,1-3H3,(H,27,32). The van der Waals surface area contributed by atoms with Crippen LogP contribution in [-0.2, 0) is 9.59 Å². The molecule has 1 N–H and O–H groups in total. The number of rotatable bonds is 4. The van der Waals surface area contributed by atoms with Gasteiger partial charge in [0.15, 0.2) is 5.76 Å². The van der Waals surface area contributed by atoms with Crippen molar-refractivity contribution >= 4 is 29.1 Å². The number of nitrogens with zero attached hydrogens (tertiary/aromatic N) is 3. The number of likely N-dealkylation sites (tertiary alicyclic amines) is 1. The highest BCUT2D eigenvalue weighted by molar-refractivity contribution is 6.04. The zero-order valence-electron chi connectivity index (χ0n) is 19.2. The van der Waals surface area contributed by atoms with E-state index in [1.165, 1.54) is 24.1 Å². The van der Waals surface area contributed by atoms with Crippen LogP contribution in [0.5, 0.6) is 0 Å². The van der Waals surface area contributed by atoms with Crippen molar-refractivity contribution < 1.29 is 18.8 Å². The van der Waals surface area contributed by atoms with E-state index in [0.29, 0.717) is 5.69 Å². The highest BCUT2D eigenvalue weighted by Gasteiger charge is 2.32. The Morgan fingerprint density at radius 2 is 1.79 bits per heavy atom. The van der Waals surface area contributed by atoms with E-state index in [0.717, 1.165) is 37.2 Å². The molecule has 3 heterocycles. The molecule has 0 saturated carbocycles. The van der Waals surface area contributed by atoms with Crippen LogP contribution in [0.15, 0.2) is 34.7 Å². The monoisotopic (exact) mass is 448 g/mol. The lowest BCUT2D eigenvalue weighted by Crippen LogP contribution is -2.40. The van der Waals surface area contributed by atoms with Gasteiger partial charge in [-0.1, -0.05) is 19.9 Å². The lowest BCUT2D eigenvalue weighted by Gasteiger charge is -2.39. The molecule has 3 amide bonds. The number of imide groups is 1. The largest absolute Gasteiger partial charge is 0.440 e. The topological polar surface area (TPSA) is 107 Å². The Morgan fingerprint density at radius 3 is 2.39 bits per heavy atom. The minimum Gasteiger partial charge on any atom is -0.440 e. The lowest BCUT2D eigenvalue weighted by molar-refractivity contribution is -0.146. The summed E-state index contributed by atoms with van der Waals surface area (Å²) < 4.78 is 5.27. The Bertz CT molecular complexity index is 1120. The Labute approximate surface area is 193 Å². The van der Waals surface area contributed by atoms with Crippen LogP contribution >= 0.6 is 0 Å². The molecule has 0 unspecified atom stereocenters. The number of furan rings is 1.